The molecule has 1 amide bonds. The van der Waals surface area contributed by atoms with Crippen LogP contribution in [0.4, 0.5) is 10.1 Å². The number of rotatable bonds is 11. The lowest BCUT2D eigenvalue weighted by molar-refractivity contribution is -0.0199. The number of hydrogen-bond donors (Lipinski definition) is 6. The maximum atomic E-state index is 15.2. The SMILES string of the molecule is CC(=N)N1CCC(Oc2ccc(N(C/C(F)=C/c3cccc(C(=N)N)c3)S(=O)(=O)CC(O)O)cc2C(N)=O)CC1. The third-order valence-corrected chi connectivity index (χ3v) is 7.97. The van der Waals surface area contributed by atoms with Crippen molar-refractivity contribution >= 4 is 39.4 Å². The Hall–Kier alpha value is -4.01. The Bertz CT molecular complexity index is 1410. The molecule has 0 atom stereocenters. The van der Waals surface area contributed by atoms with E-state index in [1.54, 1.807) is 19.1 Å². The first kappa shape index (κ1) is 30.5. The van der Waals surface area contributed by atoms with E-state index in [1.165, 1.54) is 24.3 Å². The number of nitrogen functional groups attached to an aromatic ring is 1. The zero-order chi connectivity index (χ0) is 29.6. The molecule has 0 radical (unpaired) electrons. The molecule has 14 heteroatoms. The fraction of sp³-hybridized carbons (Fsp3) is 0.346. The number of likely N-dealkylation sites (tertiary alicyclic amines) is 1. The number of aliphatic hydroxyl groups excluding tert-OH is 1. The zero-order valence-corrected chi connectivity index (χ0v) is 22.7. The van der Waals surface area contributed by atoms with Crippen molar-refractivity contribution in [1.29, 1.82) is 10.8 Å². The van der Waals surface area contributed by atoms with E-state index in [0.29, 0.717) is 47.2 Å². The third kappa shape index (κ3) is 8.00. The zero-order valence-electron chi connectivity index (χ0n) is 21.9. The molecule has 12 nitrogen and oxygen atoms in total. The van der Waals surface area contributed by atoms with Gasteiger partial charge in [-0.2, -0.15) is 0 Å². The predicted molar refractivity (Wildman–Crippen MR) is 149 cm³/mol. The van der Waals surface area contributed by atoms with Crippen molar-refractivity contribution in [2.45, 2.75) is 32.2 Å². The number of amidine groups is 2. The van der Waals surface area contributed by atoms with Crippen LogP contribution in [0.5, 0.6) is 5.75 Å². The highest BCUT2D eigenvalue weighted by Gasteiger charge is 2.29. The monoisotopic (exact) mass is 576 g/mol. The number of nitrogens with one attached hydrogen (secondary N) is 2. The lowest BCUT2D eigenvalue weighted by atomic mass is 10.1. The first-order valence-electron chi connectivity index (χ1n) is 12.3. The normalized spacial score (nSPS) is 14.7. The van der Waals surface area contributed by atoms with Crippen LogP contribution in [0, 0.1) is 10.8 Å². The summed E-state index contributed by atoms with van der Waals surface area (Å²) in [6.07, 6.45) is -0.271. The van der Waals surface area contributed by atoms with Crippen LogP contribution in [0.1, 0.15) is 41.3 Å². The number of ether oxygens (including phenoxy) is 1. The van der Waals surface area contributed by atoms with E-state index < -0.39 is 40.3 Å². The minimum Gasteiger partial charge on any atom is -0.489 e. The molecule has 1 fully saturated rings. The molecule has 2 aromatic carbocycles. The van der Waals surface area contributed by atoms with Crippen molar-refractivity contribution in [2.24, 2.45) is 11.5 Å². The summed E-state index contributed by atoms with van der Waals surface area (Å²) < 4.78 is 47.8. The molecule has 1 saturated heterocycles. The quantitative estimate of drug-likeness (QED) is 0.130. The Morgan fingerprint density at radius 1 is 1.20 bits per heavy atom. The maximum absolute atomic E-state index is 15.2. The predicted octanol–water partition coefficient (Wildman–Crippen LogP) is 1.37. The second-order valence-corrected chi connectivity index (χ2v) is 11.3. The number of carbonyl (C=O) groups excluding carboxylic acids is 1. The van der Waals surface area contributed by atoms with Gasteiger partial charge in [-0.25, -0.2) is 12.8 Å². The number of sulfonamides is 1. The highest BCUT2D eigenvalue weighted by molar-refractivity contribution is 7.92. The van der Waals surface area contributed by atoms with Crippen molar-refractivity contribution in [3.8, 4) is 5.75 Å². The van der Waals surface area contributed by atoms with Gasteiger partial charge in [0, 0.05) is 31.5 Å². The fourth-order valence-electron chi connectivity index (χ4n) is 4.25. The number of nitrogens with two attached hydrogens (primary N) is 2. The van der Waals surface area contributed by atoms with Gasteiger partial charge in [0.25, 0.3) is 5.91 Å². The summed E-state index contributed by atoms with van der Waals surface area (Å²) in [5, 5.41) is 34.0. The van der Waals surface area contributed by atoms with E-state index in [-0.39, 0.29) is 28.9 Å². The summed E-state index contributed by atoms with van der Waals surface area (Å²) in [5.41, 5.74) is 11.4. The Labute approximate surface area is 231 Å². The Balaban J connectivity index is 1.93. The van der Waals surface area contributed by atoms with Crippen molar-refractivity contribution in [3.63, 3.8) is 0 Å². The number of benzene rings is 2. The Kier molecular flexibility index (Phi) is 9.84. The van der Waals surface area contributed by atoms with Crippen LogP contribution < -0.4 is 20.5 Å². The van der Waals surface area contributed by atoms with Gasteiger partial charge in [0.2, 0.25) is 10.0 Å². The summed E-state index contributed by atoms with van der Waals surface area (Å²) >= 11 is 0. The highest BCUT2D eigenvalue weighted by Crippen LogP contribution is 2.30. The average molecular weight is 577 g/mol. The molecule has 3 rings (SSSR count). The van der Waals surface area contributed by atoms with Crippen molar-refractivity contribution in [1.82, 2.24) is 4.90 Å². The van der Waals surface area contributed by atoms with Gasteiger partial charge < -0.3 is 31.3 Å². The van der Waals surface area contributed by atoms with Crippen LogP contribution in [0.2, 0.25) is 0 Å². The van der Waals surface area contributed by atoms with E-state index >= 15 is 4.39 Å². The second kappa shape index (κ2) is 12.9. The van der Waals surface area contributed by atoms with Gasteiger partial charge in [0.15, 0.2) is 6.29 Å². The summed E-state index contributed by atoms with van der Waals surface area (Å²) in [6, 6.07) is 9.92. The molecule has 2 aromatic rings. The van der Waals surface area contributed by atoms with Crippen LogP contribution >= 0.6 is 0 Å². The Morgan fingerprint density at radius 3 is 2.45 bits per heavy atom. The molecule has 1 aliphatic rings. The van der Waals surface area contributed by atoms with Crippen molar-refractivity contribution < 1.29 is 32.6 Å². The largest absolute Gasteiger partial charge is 0.489 e. The van der Waals surface area contributed by atoms with Crippen LogP contribution in [-0.4, -0.2) is 78.9 Å². The van der Waals surface area contributed by atoms with Gasteiger partial charge in [0.1, 0.15) is 29.3 Å². The van der Waals surface area contributed by atoms with Crippen LogP contribution in [0.15, 0.2) is 48.3 Å². The number of nitrogens with zero attached hydrogens (tertiary/aromatic N) is 2. The molecule has 0 aliphatic carbocycles. The fourth-order valence-corrected chi connectivity index (χ4v) is 5.56. The summed E-state index contributed by atoms with van der Waals surface area (Å²) in [5.74, 6) is -2.60. The molecule has 8 N–H and O–H groups in total. The number of halogens is 1. The van der Waals surface area contributed by atoms with E-state index in [1.807, 2.05) is 4.90 Å². The smallest absolute Gasteiger partial charge is 0.252 e. The topological polar surface area (TPSA) is 207 Å². The average Bonchev–Trinajstić information content (AvgIpc) is 2.87. The first-order chi connectivity index (χ1) is 18.8. The van der Waals surface area contributed by atoms with Gasteiger partial charge >= 0.3 is 0 Å². The second-order valence-electron chi connectivity index (χ2n) is 9.33. The molecule has 216 valence electrons. The minimum absolute atomic E-state index is 0.123. The summed E-state index contributed by atoms with van der Waals surface area (Å²) in [7, 11) is -4.50. The molecule has 0 unspecified atom stereocenters. The molecule has 1 aliphatic heterocycles. The summed E-state index contributed by atoms with van der Waals surface area (Å²) in [4.78, 5) is 14.2. The molecule has 0 aromatic heterocycles. The van der Waals surface area contributed by atoms with E-state index in [0.717, 1.165) is 12.1 Å². The van der Waals surface area contributed by atoms with Gasteiger partial charge in [-0.3, -0.25) is 19.9 Å². The summed E-state index contributed by atoms with van der Waals surface area (Å²) in [6.45, 7) is 2.06. The number of anilines is 1. The number of aliphatic hydroxyl groups is 2. The van der Waals surface area contributed by atoms with E-state index in [9.17, 15) is 23.4 Å². The maximum Gasteiger partial charge on any atom is 0.252 e. The molecule has 1 heterocycles. The lowest BCUT2D eigenvalue weighted by Crippen LogP contribution is -2.40. The van der Waals surface area contributed by atoms with Gasteiger partial charge in [0.05, 0.1) is 23.6 Å². The number of hydrogen-bond acceptors (Lipinski definition) is 8. The Morgan fingerprint density at radius 2 is 1.88 bits per heavy atom. The molecule has 0 bridgehead atoms. The standard InChI is InChI=1S/C26H33FN6O6S/c1-16(28)32-9-7-21(8-10-32)39-23-6-5-20(13-22(23)26(31)36)33(40(37,38)15-24(34)35)14-19(27)12-17-3-2-4-18(11-17)25(29)30/h2-6,11-13,21,24,28,34-35H,7-10,14-15H2,1H3,(H3,29,30)(H2,31,36)/b19-12-,28-16?. The molecule has 0 spiro atoms. The van der Waals surface area contributed by atoms with Gasteiger partial charge in [-0.15, -0.1) is 0 Å². The molecular weight excluding hydrogens is 543 g/mol. The molecule has 0 saturated carbocycles. The van der Waals surface area contributed by atoms with Gasteiger partial charge in [-0.05, 0) is 42.8 Å². The first-order valence-corrected chi connectivity index (χ1v) is 14.0. The van der Waals surface area contributed by atoms with Crippen LogP contribution in [0.3, 0.4) is 0 Å². The van der Waals surface area contributed by atoms with Crippen LogP contribution in [-0.2, 0) is 10.0 Å². The lowest BCUT2D eigenvalue weighted by Gasteiger charge is -2.33. The minimum atomic E-state index is -4.50. The van der Waals surface area contributed by atoms with Crippen LogP contribution in [0.25, 0.3) is 6.08 Å². The van der Waals surface area contributed by atoms with E-state index in [2.05, 4.69) is 0 Å². The van der Waals surface area contributed by atoms with Crippen molar-refractivity contribution in [2.75, 3.05) is 29.7 Å². The van der Waals surface area contributed by atoms with Gasteiger partial charge in [-0.1, -0.05) is 18.2 Å². The highest BCUT2D eigenvalue weighted by atomic mass is 32.2. The third-order valence-electron chi connectivity index (χ3n) is 6.24. The van der Waals surface area contributed by atoms with Crippen molar-refractivity contribution in [3.05, 3.63) is 65.0 Å². The number of amides is 1. The number of primary amides is 1. The molecular formula is C26H33FN6O6S. The molecule has 40 heavy (non-hydrogen) atoms. The number of piperidine rings is 1. The number of carbonyl (C=O) groups is 1. The van der Waals surface area contributed by atoms with E-state index in [4.69, 9.17) is 27.0 Å².